The third kappa shape index (κ3) is 5.52. The monoisotopic (exact) mass is 554 g/mol. The quantitative estimate of drug-likeness (QED) is 0.533. The summed E-state index contributed by atoms with van der Waals surface area (Å²) >= 11 is 0. The highest BCUT2D eigenvalue weighted by Crippen LogP contribution is 2.49. The molecule has 3 saturated carbocycles. The molecule has 10 heteroatoms. The summed E-state index contributed by atoms with van der Waals surface area (Å²) in [5.41, 5.74) is 0.406. The standard InChI is InChI=1S/C30H43FN6O3/c1-35-9-11-36(12-10-35)30(40)24-14-18(16-32)13-22(19-5-6-19)28(24)37-8-7-20(17-37)33-29(39)23-15-26(38)34-27-21(23)3-2-4-25(27)31/h15,18-22,24-25,27-28H,2-14,17H2,1H3,(H,33,39)(H,34,38)/t18?,20-,21?,22?,24?,25?,27?,28?/m1/s1. The summed E-state index contributed by atoms with van der Waals surface area (Å²) in [5, 5.41) is 15.8. The Labute approximate surface area is 236 Å². The van der Waals surface area contributed by atoms with E-state index in [0.29, 0.717) is 49.6 Å². The molecule has 8 atom stereocenters. The van der Waals surface area contributed by atoms with Crippen LogP contribution < -0.4 is 10.6 Å². The second kappa shape index (κ2) is 11.4. The molecular weight excluding hydrogens is 511 g/mol. The number of fused-ring (bicyclic) bond motifs is 1. The van der Waals surface area contributed by atoms with Gasteiger partial charge in [0.05, 0.1) is 18.0 Å². The highest BCUT2D eigenvalue weighted by molar-refractivity contribution is 6.03. The van der Waals surface area contributed by atoms with Crippen molar-refractivity contribution in [3.63, 3.8) is 0 Å². The van der Waals surface area contributed by atoms with Gasteiger partial charge in [-0.25, -0.2) is 4.39 Å². The number of carbonyl (C=O) groups excluding carboxylic acids is 3. The number of nitrogens with zero attached hydrogens (tertiary/aromatic N) is 4. The minimum absolute atomic E-state index is 0.0841. The van der Waals surface area contributed by atoms with Gasteiger partial charge in [0.15, 0.2) is 0 Å². The third-order valence-corrected chi connectivity index (χ3v) is 10.5. The Morgan fingerprint density at radius 3 is 2.58 bits per heavy atom. The van der Waals surface area contributed by atoms with E-state index < -0.39 is 18.1 Å². The molecule has 218 valence electrons. The molecule has 2 saturated heterocycles. The molecule has 9 nitrogen and oxygen atoms in total. The van der Waals surface area contributed by atoms with Gasteiger partial charge in [0.25, 0.3) is 0 Å². The fourth-order valence-electron chi connectivity index (χ4n) is 8.26. The fourth-order valence-corrected chi connectivity index (χ4v) is 8.26. The molecule has 0 radical (unpaired) electrons. The molecular formula is C30H43FN6O3. The molecule has 6 aliphatic rings. The smallest absolute Gasteiger partial charge is 0.248 e. The highest BCUT2D eigenvalue weighted by atomic mass is 19.1. The predicted molar refractivity (Wildman–Crippen MR) is 146 cm³/mol. The lowest BCUT2D eigenvalue weighted by Gasteiger charge is -2.46. The molecule has 40 heavy (non-hydrogen) atoms. The maximum Gasteiger partial charge on any atom is 0.248 e. The molecule has 0 aromatic rings. The van der Waals surface area contributed by atoms with Crippen molar-refractivity contribution in [3.8, 4) is 6.07 Å². The number of alkyl halides is 1. The molecule has 5 fully saturated rings. The predicted octanol–water partition coefficient (Wildman–Crippen LogP) is 1.46. The maximum atomic E-state index is 14.6. The lowest BCUT2D eigenvalue weighted by Crippen LogP contribution is -2.57. The average molecular weight is 555 g/mol. The maximum absolute atomic E-state index is 14.6. The van der Waals surface area contributed by atoms with Crippen molar-refractivity contribution < 1.29 is 18.8 Å². The van der Waals surface area contributed by atoms with Crippen molar-refractivity contribution in [2.45, 2.75) is 75.7 Å². The van der Waals surface area contributed by atoms with Crippen LogP contribution in [-0.2, 0) is 14.4 Å². The number of rotatable bonds is 5. The van der Waals surface area contributed by atoms with E-state index in [1.54, 1.807) is 0 Å². The van der Waals surface area contributed by atoms with Crippen molar-refractivity contribution in [2.75, 3.05) is 46.3 Å². The van der Waals surface area contributed by atoms with Gasteiger partial charge in [0.2, 0.25) is 17.7 Å². The molecule has 2 N–H and O–H groups in total. The van der Waals surface area contributed by atoms with Gasteiger partial charge < -0.3 is 20.4 Å². The first-order chi connectivity index (χ1) is 19.3. The molecule has 0 aromatic carbocycles. The van der Waals surface area contributed by atoms with Crippen LogP contribution >= 0.6 is 0 Å². The number of nitriles is 1. The fraction of sp³-hybridized carbons (Fsp3) is 0.800. The molecule has 0 bridgehead atoms. The van der Waals surface area contributed by atoms with Gasteiger partial charge in [0, 0.05) is 74.8 Å². The summed E-state index contributed by atoms with van der Waals surface area (Å²) in [6.45, 7) is 4.64. The number of carbonyl (C=O) groups is 3. The van der Waals surface area contributed by atoms with Crippen LogP contribution in [0, 0.1) is 40.9 Å². The summed E-state index contributed by atoms with van der Waals surface area (Å²) < 4.78 is 14.6. The first-order valence-electron chi connectivity index (χ1n) is 15.4. The number of amides is 3. The van der Waals surface area contributed by atoms with Gasteiger partial charge in [-0.05, 0) is 70.3 Å². The van der Waals surface area contributed by atoms with Crippen molar-refractivity contribution in [1.82, 2.24) is 25.3 Å². The number of likely N-dealkylation sites (N-methyl/N-ethyl adjacent to an activating group) is 1. The molecule has 3 aliphatic heterocycles. The normalized spacial score (nSPS) is 39.1. The third-order valence-electron chi connectivity index (χ3n) is 10.5. The van der Waals surface area contributed by atoms with Gasteiger partial charge in [-0.1, -0.05) is 0 Å². The second-order valence-corrected chi connectivity index (χ2v) is 13.2. The van der Waals surface area contributed by atoms with E-state index in [1.165, 1.54) is 6.08 Å². The van der Waals surface area contributed by atoms with Gasteiger partial charge in [-0.15, -0.1) is 0 Å². The summed E-state index contributed by atoms with van der Waals surface area (Å²) in [5.74, 6) is -0.143. The topological polar surface area (TPSA) is 109 Å². The van der Waals surface area contributed by atoms with E-state index in [0.717, 1.165) is 58.4 Å². The summed E-state index contributed by atoms with van der Waals surface area (Å²) in [4.78, 5) is 46.3. The summed E-state index contributed by atoms with van der Waals surface area (Å²) in [6, 6.07) is 1.88. The zero-order valence-electron chi connectivity index (χ0n) is 23.6. The number of hydrogen-bond acceptors (Lipinski definition) is 6. The van der Waals surface area contributed by atoms with E-state index in [9.17, 15) is 24.0 Å². The van der Waals surface area contributed by atoms with E-state index in [-0.39, 0.29) is 41.7 Å². The van der Waals surface area contributed by atoms with Gasteiger partial charge in [-0.3, -0.25) is 19.3 Å². The van der Waals surface area contributed by atoms with Crippen molar-refractivity contribution in [1.29, 1.82) is 5.26 Å². The van der Waals surface area contributed by atoms with Crippen LogP contribution in [-0.4, -0.2) is 103 Å². The van der Waals surface area contributed by atoms with Crippen LogP contribution in [0.25, 0.3) is 0 Å². The number of piperazine rings is 1. The minimum atomic E-state index is -1.13. The number of nitrogens with one attached hydrogen (secondary N) is 2. The minimum Gasteiger partial charge on any atom is -0.348 e. The van der Waals surface area contributed by atoms with Crippen LogP contribution in [0.3, 0.4) is 0 Å². The van der Waals surface area contributed by atoms with Crippen LogP contribution in [0.4, 0.5) is 4.39 Å². The van der Waals surface area contributed by atoms with Crippen molar-refractivity contribution in [3.05, 3.63) is 11.6 Å². The zero-order valence-corrected chi connectivity index (χ0v) is 23.6. The molecule has 7 unspecified atom stereocenters. The Morgan fingerprint density at radius 2 is 1.85 bits per heavy atom. The average Bonchev–Trinajstić information content (AvgIpc) is 3.71. The Hall–Kier alpha value is -2.51. The molecule has 0 spiro atoms. The lowest BCUT2D eigenvalue weighted by molar-refractivity contribution is -0.143. The van der Waals surface area contributed by atoms with Crippen molar-refractivity contribution >= 4 is 17.7 Å². The Balaban J connectivity index is 1.16. The Kier molecular flexibility index (Phi) is 7.88. The first kappa shape index (κ1) is 27.6. The van der Waals surface area contributed by atoms with E-state index >= 15 is 0 Å². The lowest BCUT2D eigenvalue weighted by atomic mass is 9.69. The summed E-state index contributed by atoms with van der Waals surface area (Å²) in [6.07, 6.45) is 6.61. The molecule has 3 heterocycles. The van der Waals surface area contributed by atoms with Gasteiger partial charge in [0.1, 0.15) is 6.17 Å². The van der Waals surface area contributed by atoms with Crippen molar-refractivity contribution in [2.24, 2.45) is 29.6 Å². The largest absolute Gasteiger partial charge is 0.348 e. The van der Waals surface area contributed by atoms with E-state index in [4.69, 9.17) is 0 Å². The van der Waals surface area contributed by atoms with Gasteiger partial charge >= 0.3 is 0 Å². The number of halogens is 1. The SMILES string of the molecule is CN1CCN(C(=O)C2CC(C#N)CC(C3CC3)C2N2CC[C@@H](NC(=O)C3=CC(=O)NC4C(F)CCCC34)C2)CC1. The Bertz CT molecular complexity index is 1080. The Morgan fingerprint density at radius 1 is 1.07 bits per heavy atom. The van der Waals surface area contributed by atoms with Crippen LogP contribution in [0.2, 0.25) is 0 Å². The number of hydrogen-bond donors (Lipinski definition) is 2. The number of likely N-dealkylation sites (tertiary alicyclic amines) is 1. The molecule has 0 aromatic heterocycles. The highest BCUT2D eigenvalue weighted by Gasteiger charge is 2.51. The summed E-state index contributed by atoms with van der Waals surface area (Å²) in [7, 11) is 2.08. The van der Waals surface area contributed by atoms with Crippen LogP contribution in [0.1, 0.15) is 51.4 Å². The van der Waals surface area contributed by atoms with Crippen LogP contribution in [0.15, 0.2) is 11.6 Å². The molecule has 3 aliphatic carbocycles. The molecule has 6 rings (SSSR count). The first-order valence-corrected chi connectivity index (χ1v) is 15.4. The van der Waals surface area contributed by atoms with E-state index in [1.807, 2.05) is 4.90 Å². The van der Waals surface area contributed by atoms with Gasteiger partial charge in [-0.2, -0.15) is 5.26 Å². The zero-order chi connectivity index (χ0) is 28.0. The van der Waals surface area contributed by atoms with Crippen LogP contribution in [0.5, 0.6) is 0 Å². The van der Waals surface area contributed by atoms with E-state index in [2.05, 4.69) is 33.6 Å². The molecule has 3 amide bonds. The second-order valence-electron chi connectivity index (χ2n) is 13.2.